The lowest BCUT2D eigenvalue weighted by Gasteiger charge is -2.11. The molecule has 0 fully saturated rings. The van der Waals surface area contributed by atoms with Crippen LogP contribution in [0.4, 0.5) is 8.78 Å². The van der Waals surface area contributed by atoms with E-state index in [1.807, 2.05) is 36.4 Å². The molecule has 0 saturated carbocycles. The van der Waals surface area contributed by atoms with E-state index in [0.29, 0.717) is 16.8 Å². The number of hydrogen-bond acceptors (Lipinski definition) is 3. The van der Waals surface area contributed by atoms with Crippen molar-refractivity contribution in [3.05, 3.63) is 72.1 Å². The number of allylic oxidation sites excluding steroid dienone is 1. The number of halogens is 2. The third-order valence-electron chi connectivity index (χ3n) is 4.20. The highest BCUT2D eigenvalue weighted by Crippen LogP contribution is 2.32. The molecule has 0 aliphatic rings. The molecule has 1 N–H and O–H groups in total. The number of H-pyrrole nitrogens is 1. The molecule has 6 heteroatoms. The number of fused-ring (bicyclic) bond motifs is 2. The molecule has 0 saturated heterocycles. The van der Waals surface area contributed by atoms with Crippen molar-refractivity contribution in [1.29, 1.82) is 5.26 Å². The standard InChI is InChI=1S/C21H13F2N3O/c22-21(23)27-19-10-9-13-5-1-2-6-15(13)16(19)11-14(12-24)20-25-17-7-3-4-8-18(17)26-20/h1-11,21H,(H,25,26)/b14-11+. The van der Waals surface area contributed by atoms with E-state index in [4.69, 9.17) is 0 Å². The molecule has 0 bridgehead atoms. The van der Waals surface area contributed by atoms with E-state index in [9.17, 15) is 14.0 Å². The van der Waals surface area contributed by atoms with Crippen LogP contribution >= 0.6 is 0 Å². The zero-order chi connectivity index (χ0) is 18.8. The maximum atomic E-state index is 12.9. The molecule has 0 amide bonds. The van der Waals surface area contributed by atoms with Crippen LogP contribution in [-0.2, 0) is 0 Å². The fraction of sp³-hybridized carbons (Fsp3) is 0.0476. The molecule has 0 aliphatic heterocycles. The molecule has 4 aromatic rings. The lowest BCUT2D eigenvalue weighted by Crippen LogP contribution is -2.03. The monoisotopic (exact) mass is 361 g/mol. The van der Waals surface area contributed by atoms with Gasteiger partial charge in [-0.1, -0.05) is 42.5 Å². The van der Waals surface area contributed by atoms with Crippen molar-refractivity contribution in [2.45, 2.75) is 6.61 Å². The van der Waals surface area contributed by atoms with Gasteiger partial charge < -0.3 is 9.72 Å². The number of ether oxygens (including phenoxy) is 1. The summed E-state index contributed by atoms with van der Waals surface area (Å²) >= 11 is 0. The zero-order valence-corrected chi connectivity index (χ0v) is 14.0. The fourth-order valence-corrected chi connectivity index (χ4v) is 3.00. The highest BCUT2D eigenvalue weighted by molar-refractivity contribution is 6.00. The molecule has 0 atom stereocenters. The smallest absolute Gasteiger partial charge is 0.387 e. The van der Waals surface area contributed by atoms with E-state index in [1.165, 1.54) is 12.1 Å². The van der Waals surface area contributed by atoms with E-state index in [0.717, 1.165) is 16.4 Å². The average molecular weight is 361 g/mol. The van der Waals surface area contributed by atoms with Gasteiger partial charge in [-0.2, -0.15) is 14.0 Å². The van der Waals surface area contributed by atoms with E-state index >= 15 is 0 Å². The normalized spacial score (nSPS) is 11.9. The lowest BCUT2D eigenvalue weighted by molar-refractivity contribution is -0.0498. The average Bonchev–Trinajstić information content (AvgIpc) is 3.10. The Morgan fingerprint density at radius 3 is 2.63 bits per heavy atom. The number of nitrogens with zero attached hydrogens (tertiary/aromatic N) is 2. The van der Waals surface area contributed by atoms with Crippen molar-refractivity contribution >= 4 is 33.5 Å². The Balaban J connectivity index is 1.92. The van der Waals surface area contributed by atoms with Crippen molar-refractivity contribution in [3.8, 4) is 11.8 Å². The molecular weight excluding hydrogens is 348 g/mol. The van der Waals surface area contributed by atoms with Gasteiger partial charge in [0.2, 0.25) is 0 Å². The summed E-state index contributed by atoms with van der Waals surface area (Å²) in [6.07, 6.45) is 1.53. The summed E-state index contributed by atoms with van der Waals surface area (Å²) in [5.74, 6) is 0.377. The molecule has 27 heavy (non-hydrogen) atoms. The maximum absolute atomic E-state index is 12.9. The summed E-state index contributed by atoms with van der Waals surface area (Å²) < 4.78 is 30.4. The van der Waals surface area contributed by atoms with Crippen LogP contribution in [0, 0.1) is 11.3 Å². The number of para-hydroxylation sites is 2. The Kier molecular flexibility index (Phi) is 4.27. The van der Waals surface area contributed by atoms with Crippen molar-refractivity contribution < 1.29 is 13.5 Å². The van der Waals surface area contributed by atoms with Gasteiger partial charge in [-0.15, -0.1) is 0 Å². The first kappa shape index (κ1) is 16.7. The predicted octanol–water partition coefficient (Wildman–Crippen LogP) is 5.38. The highest BCUT2D eigenvalue weighted by atomic mass is 19.3. The van der Waals surface area contributed by atoms with Crippen LogP contribution in [0.5, 0.6) is 5.75 Å². The molecule has 1 heterocycles. The Morgan fingerprint density at radius 2 is 1.85 bits per heavy atom. The van der Waals surface area contributed by atoms with Gasteiger partial charge in [0, 0.05) is 5.56 Å². The van der Waals surface area contributed by atoms with Crippen molar-refractivity contribution in [3.63, 3.8) is 0 Å². The molecule has 0 aliphatic carbocycles. The number of nitrogens with one attached hydrogen (secondary N) is 1. The second-order valence-corrected chi connectivity index (χ2v) is 5.85. The van der Waals surface area contributed by atoms with Crippen LogP contribution < -0.4 is 4.74 Å². The van der Waals surface area contributed by atoms with Gasteiger partial charge in [-0.3, -0.25) is 0 Å². The molecule has 1 aromatic heterocycles. The van der Waals surface area contributed by atoms with Crippen LogP contribution in [0.15, 0.2) is 60.7 Å². The minimum absolute atomic E-state index is 0.00700. The zero-order valence-electron chi connectivity index (χ0n) is 14.0. The van der Waals surface area contributed by atoms with Crippen LogP contribution in [0.3, 0.4) is 0 Å². The number of alkyl halides is 2. The van der Waals surface area contributed by atoms with Gasteiger partial charge in [0.15, 0.2) is 0 Å². The van der Waals surface area contributed by atoms with E-state index < -0.39 is 6.61 Å². The van der Waals surface area contributed by atoms with Crippen LogP contribution in [-0.4, -0.2) is 16.6 Å². The highest BCUT2D eigenvalue weighted by Gasteiger charge is 2.14. The Bertz CT molecular complexity index is 1170. The molecule has 3 aromatic carbocycles. The molecule has 132 valence electrons. The fourth-order valence-electron chi connectivity index (χ4n) is 3.00. The molecule has 0 unspecified atom stereocenters. The minimum atomic E-state index is -2.96. The molecule has 0 radical (unpaired) electrons. The summed E-state index contributed by atoms with van der Waals surface area (Å²) in [6, 6.07) is 20.0. The van der Waals surface area contributed by atoms with Gasteiger partial charge in [-0.25, -0.2) is 4.98 Å². The Labute approximate surface area is 153 Å². The van der Waals surface area contributed by atoms with Crippen LogP contribution in [0.25, 0.3) is 33.5 Å². The predicted molar refractivity (Wildman–Crippen MR) is 100 cm³/mol. The number of nitriles is 1. The largest absolute Gasteiger partial charge is 0.434 e. The molecule has 4 rings (SSSR count). The number of imidazole rings is 1. The Morgan fingerprint density at radius 1 is 1.07 bits per heavy atom. The van der Waals surface area contributed by atoms with Crippen LogP contribution in [0.2, 0.25) is 0 Å². The van der Waals surface area contributed by atoms with Crippen LogP contribution in [0.1, 0.15) is 11.4 Å². The van der Waals surface area contributed by atoms with Crippen molar-refractivity contribution in [2.24, 2.45) is 0 Å². The quantitative estimate of drug-likeness (QED) is 0.496. The topological polar surface area (TPSA) is 61.7 Å². The van der Waals surface area contributed by atoms with E-state index in [1.54, 1.807) is 18.2 Å². The number of aromatic nitrogens is 2. The third-order valence-corrected chi connectivity index (χ3v) is 4.20. The molecular formula is C21H13F2N3O. The SMILES string of the molecule is N#C/C(=C\c1c(OC(F)F)ccc2ccccc12)c1nc2ccccc2[nH]1. The summed E-state index contributed by atoms with van der Waals surface area (Å²) in [6.45, 7) is -2.96. The van der Waals surface area contributed by atoms with E-state index in [-0.39, 0.29) is 11.3 Å². The first-order valence-electron chi connectivity index (χ1n) is 8.19. The van der Waals surface area contributed by atoms with Crippen molar-refractivity contribution in [1.82, 2.24) is 9.97 Å². The second kappa shape index (κ2) is 6.89. The summed E-state index contributed by atoms with van der Waals surface area (Å²) in [4.78, 5) is 7.50. The number of aromatic amines is 1. The van der Waals surface area contributed by atoms with E-state index in [2.05, 4.69) is 20.8 Å². The first-order chi connectivity index (χ1) is 13.2. The number of benzene rings is 3. The third kappa shape index (κ3) is 3.23. The number of rotatable bonds is 4. The lowest BCUT2D eigenvalue weighted by atomic mass is 10.0. The Hall–Kier alpha value is -3.72. The minimum Gasteiger partial charge on any atom is -0.434 e. The van der Waals surface area contributed by atoms with Gasteiger partial charge in [0.1, 0.15) is 17.6 Å². The van der Waals surface area contributed by atoms with Gasteiger partial charge in [-0.05, 0) is 35.0 Å². The summed E-state index contributed by atoms with van der Waals surface area (Å²) in [7, 11) is 0. The first-order valence-corrected chi connectivity index (χ1v) is 8.19. The summed E-state index contributed by atoms with van der Waals surface area (Å²) in [5, 5.41) is 11.2. The van der Waals surface area contributed by atoms with Gasteiger partial charge in [0.25, 0.3) is 0 Å². The molecule has 4 nitrogen and oxygen atoms in total. The molecule has 0 spiro atoms. The van der Waals surface area contributed by atoms with Gasteiger partial charge in [0.05, 0.1) is 16.6 Å². The second-order valence-electron chi connectivity index (χ2n) is 5.85. The van der Waals surface area contributed by atoms with Gasteiger partial charge >= 0.3 is 6.61 Å². The summed E-state index contributed by atoms with van der Waals surface area (Å²) in [5.41, 5.74) is 2.14. The maximum Gasteiger partial charge on any atom is 0.387 e. The number of hydrogen-bond donors (Lipinski definition) is 1. The van der Waals surface area contributed by atoms with Crippen molar-refractivity contribution in [2.75, 3.05) is 0 Å².